The highest BCUT2D eigenvalue weighted by Crippen LogP contribution is 2.43. The normalized spacial score (nSPS) is 20.1. The third kappa shape index (κ3) is 3.12. The monoisotopic (exact) mass is 410 g/mol. The lowest BCUT2D eigenvalue weighted by Crippen LogP contribution is -2.62. The van der Waals surface area contributed by atoms with Crippen LogP contribution < -0.4 is 15.8 Å². The summed E-state index contributed by atoms with van der Waals surface area (Å²) in [5.74, 6) is -0.759. The largest absolute Gasteiger partial charge is 0.469 e. The number of hydrogen-bond acceptors (Lipinski definition) is 5. The highest BCUT2D eigenvalue weighted by Gasteiger charge is 2.52. The molecule has 0 aliphatic carbocycles. The number of hydrogen-bond donors (Lipinski definition) is 2. The molecule has 0 saturated carbocycles. The van der Waals surface area contributed by atoms with Gasteiger partial charge in [-0.1, -0.05) is 12.1 Å². The van der Waals surface area contributed by atoms with Gasteiger partial charge in [0.15, 0.2) is 0 Å². The van der Waals surface area contributed by atoms with Crippen LogP contribution >= 0.6 is 0 Å². The van der Waals surface area contributed by atoms with Crippen molar-refractivity contribution < 1.29 is 23.6 Å². The van der Waals surface area contributed by atoms with Crippen LogP contribution in [0.15, 0.2) is 41.0 Å². The molecule has 3 heterocycles. The predicted molar refractivity (Wildman–Crippen MR) is 106 cm³/mol. The maximum atomic E-state index is 13.1. The Kier molecular flexibility index (Phi) is 4.81. The molecule has 0 unspecified atom stereocenters. The average molecular weight is 410 g/mol. The van der Waals surface area contributed by atoms with Gasteiger partial charge in [0.2, 0.25) is 11.8 Å². The lowest BCUT2D eigenvalue weighted by Gasteiger charge is -2.48. The summed E-state index contributed by atoms with van der Waals surface area (Å²) < 4.78 is 5.07. The first-order valence-corrected chi connectivity index (χ1v) is 9.70. The van der Waals surface area contributed by atoms with E-state index in [2.05, 4.69) is 10.9 Å². The van der Waals surface area contributed by atoms with Gasteiger partial charge in [0, 0.05) is 19.4 Å². The summed E-state index contributed by atoms with van der Waals surface area (Å²) in [7, 11) is 0. The highest BCUT2D eigenvalue weighted by atomic mass is 16.3. The van der Waals surface area contributed by atoms with E-state index in [1.165, 1.54) is 12.3 Å². The molecule has 4 amide bonds. The van der Waals surface area contributed by atoms with Gasteiger partial charge in [0.1, 0.15) is 11.4 Å². The van der Waals surface area contributed by atoms with Gasteiger partial charge in [-0.3, -0.25) is 34.9 Å². The molecule has 2 aromatic rings. The van der Waals surface area contributed by atoms with Crippen LogP contribution in [0.5, 0.6) is 0 Å². The summed E-state index contributed by atoms with van der Waals surface area (Å²) in [5, 5.41) is 0. The van der Waals surface area contributed by atoms with Crippen LogP contribution in [0.4, 0.5) is 5.69 Å². The van der Waals surface area contributed by atoms with E-state index < -0.39 is 17.5 Å². The molecule has 2 aliphatic rings. The first kappa shape index (κ1) is 19.7. The highest BCUT2D eigenvalue weighted by molar-refractivity contribution is 6.10. The summed E-state index contributed by atoms with van der Waals surface area (Å²) in [6, 6.07) is 8.51. The fourth-order valence-electron chi connectivity index (χ4n) is 4.13. The molecule has 9 heteroatoms. The van der Waals surface area contributed by atoms with E-state index in [4.69, 9.17) is 4.42 Å². The van der Waals surface area contributed by atoms with Crippen LogP contribution in [-0.2, 0) is 9.59 Å². The summed E-state index contributed by atoms with van der Waals surface area (Å²) >= 11 is 0. The third-order valence-corrected chi connectivity index (χ3v) is 5.73. The topological polar surface area (TPSA) is 112 Å². The Morgan fingerprint density at radius 1 is 1.17 bits per heavy atom. The van der Waals surface area contributed by atoms with Crippen LogP contribution in [0, 0.1) is 6.92 Å². The van der Waals surface area contributed by atoms with E-state index in [9.17, 15) is 19.2 Å². The predicted octanol–water partition coefficient (Wildman–Crippen LogP) is 1.74. The van der Waals surface area contributed by atoms with Crippen molar-refractivity contribution in [1.82, 2.24) is 15.8 Å². The molecule has 9 nitrogen and oxygen atoms in total. The third-order valence-electron chi connectivity index (χ3n) is 5.73. The van der Waals surface area contributed by atoms with Gasteiger partial charge in [-0.25, -0.2) is 0 Å². The second kappa shape index (κ2) is 7.33. The number of rotatable bonds is 4. The Hall–Kier alpha value is -3.62. The SMILES string of the molecule is Cc1occc1C(=O)NNC(=O)CCN1C(=O)c2ccccc2N2C(=O)CC[C@]12C. The molecule has 1 saturated heterocycles. The molecule has 0 bridgehead atoms. The lowest BCUT2D eigenvalue weighted by atomic mass is 9.98. The first-order chi connectivity index (χ1) is 14.3. The molecule has 1 aromatic heterocycles. The van der Waals surface area contributed by atoms with Crippen LogP contribution in [-0.4, -0.2) is 40.7 Å². The van der Waals surface area contributed by atoms with Crippen molar-refractivity contribution in [2.75, 3.05) is 11.4 Å². The summed E-state index contributed by atoms with van der Waals surface area (Å²) in [5.41, 5.74) is 5.24. The Bertz CT molecular complexity index is 1050. The van der Waals surface area contributed by atoms with E-state index in [1.807, 2.05) is 6.92 Å². The maximum Gasteiger partial charge on any atom is 0.273 e. The molecular formula is C21H22N4O5. The van der Waals surface area contributed by atoms with Gasteiger partial charge in [-0.15, -0.1) is 0 Å². The van der Waals surface area contributed by atoms with E-state index >= 15 is 0 Å². The van der Waals surface area contributed by atoms with Gasteiger partial charge in [-0.05, 0) is 38.5 Å². The number of carbonyl (C=O) groups excluding carboxylic acids is 4. The number of nitrogens with zero attached hydrogens (tertiary/aromatic N) is 2. The van der Waals surface area contributed by atoms with Crippen molar-refractivity contribution in [3.8, 4) is 0 Å². The molecule has 0 radical (unpaired) electrons. The first-order valence-electron chi connectivity index (χ1n) is 9.70. The lowest BCUT2D eigenvalue weighted by molar-refractivity contribution is -0.122. The second-order valence-corrected chi connectivity index (χ2v) is 7.56. The molecular weight excluding hydrogens is 388 g/mol. The van der Waals surface area contributed by atoms with E-state index in [0.717, 1.165) is 0 Å². The minimum absolute atomic E-state index is 0.0316. The van der Waals surface area contributed by atoms with Gasteiger partial charge < -0.3 is 9.32 Å². The van der Waals surface area contributed by atoms with Crippen molar-refractivity contribution in [1.29, 1.82) is 0 Å². The number of para-hydroxylation sites is 1. The number of amides is 4. The number of anilines is 1. The van der Waals surface area contributed by atoms with Crippen molar-refractivity contribution >= 4 is 29.3 Å². The second-order valence-electron chi connectivity index (χ2n) is 7.56. The van der Waals surface area contributed by atoms with E-state index in [1.54, 1.807) is 41.0 Å². The molecule has 4 rings (SSSR count). The molecule has 1 aromatic carbocycles. The van der Waals surface area contributed by atoms with Crippen LogP contribution in [0.1, 0.15) is 52.7 Å². The van der Waals surface area contributed by atoms with Crippen LogP contribution in [0.2, 0.25) is 0 Å². The number of fused-ring (bicyclic) bond motifs is 3. The summed E-state index contributed by atoms with van der Waals surface area (Å²) in [4.78, 5) is 53.2. The minimum Gasteiger partial charge on any atom is -0.469 e. The Morgan fingerprint density at radius 3 is 2.67 bits per heavy atom. The molecule has 0 spiro atoms. The van der Waals surface area contributed by atoms with Gasteiger partial charge >= 0.3 is 0 Å². The Labute approximate surface area is 173 Å². The number of furan rings is 1. The number of hydrazine groups is 1. The quantitative estimate of drug-likeness (QED) is 0.746. The zero-order chi connectivity index (χ0) is 21.5. The zero-order valence-electron chi connectivity index (χ0n) is 16.7. The number of nitrogens with one attached hydrogen (secondary N) is 2. The Morgan fingerprint density at radius 2 is 1.93 bits per heavy atom. The van der Waals surface area contributed by atoms with Crippen molar-refractivity contribution in [3.63, 3.8) is 0 Å². The van der Waals surface area contributed by atoms with Gasteiger partial charge in [-0.2, -0.15) is 0 Å². The molecule has 30 heavy (non-hydrogen) atoms. The van der Waals surface area contributed by atoms with Crippen molar-refractivity contribution in [2.24, 2.45) is 0 Å². The Balaban J connectivity index is 1.44. The standard InChI is InChI=1S/C21H22N4O5/c1-13-14(9-12-30-13)19(28)23-22-17(26)8-11-24-20(29)15-5-3-4-6-16(15)25-18(27)7-10-21(24,25)2/h3-6,9,12H,7-8,10-11H2,1-2H3,(H,22,26)(H,23,28)/t21-/m1/s1. The smallest absolute Gasteiger partial charge is 0.273 e. The van der Waals surface area contributed by atoms with Crippen LogP contribution in [0.3, 0.4) is 0 Å². The molecule has 1 atom stereocenters. The summed E-state index contributed by atoms with van der Waals surface area (Å²) in [6.45, 7) is 3.60. The number of benzene rings is 1. The minimum atomic E-state index is -0.819. The fraction of sp³-hybridized carbons (Fsp3) is 0.333. The summed E-state index contributed by atoms with van der Waals surface area (Å²) in [6.07, 6.45) is 2.18. The molecule has 2 aliphatic heterocycles. The van der Waals surface area contributed by atoms with Crippen LogP contribution in [0.25, 0.3) is 0 Å². The zero-order valence-corrected chi connectivity index (χ0v) is 16.7. The molecule has 1 fully saturated rings. The van der Waals surface area contributed by atoms with E-state index in [-0.39, 0.29) is 24.8 Å². The maximum absolute atomic E-state index is 13.1. The van der Waals surface area contributed by atoms with E-state index in [0.29, 0.717) is 35.4 Å². The van der Waals surface area contributed by atoms with Crippen molar-refractivity contribution in [2.45, 2.75) is 38.8 Å². The molecule has 2 N–H and O–H groups in total. The number of carbonyl (C=O) groups is 4. The number of aryl methyl sites for hydroxylation is 1. The molecule has 156 valence electrons. The van der Waals surface area contributed by atoms with Gasteiger partial charge in [0.05, 0.1) is 23.1 Å². The van der Waals surface area contributed by atoms with Crippen molar-refractivity contribution in [3.05, 3.63) is 53.5 Å². The van der Waals surface area contributed by atoms with Gasteiger partial charge in [0.25, 0.3) is 11.8 Å². The fourth-order valence-corrected chi connectivity index (χ4v) is 4.13. The average Bonchev–Trinajstić information content (AvgIpc) is 3.29.